The van der Waals surface area contributed by atoms with Gasteiger partial charge in [0, 0.05) is 18.9 Å². The zero-order chi connectivity index (χ0) is 13.5. The Morgan fingerprint density at radius 3 is 2.58 bits per heavy atom. The second-order valence-electron chi connectivity index (χ2n) is 3.95. The number of amides is 1. The third kappa shape index (κ3) is 6.61. The largest absolute Gasteiger partial charge is 1.00 e. The molecule has 0 atom stereocenters. The molecule has 0 spiro atoms. The number of carbonyl (C=O) groups excluding carboxylic acids is 2. The normalized spacial score (nSPS) is 9.37. The van der Waals surface area contributed by atoms with Crippen LogP contribution in [0.4, 0.5) is 0 Å². The van der Waals surface area contributed by atoms with E-state index in [0.717, 1.165) is 16.9 Å². The molecule has 1 amide bonds. The first-order valence-electron chi connectivity index (χ1n) is 5.63. The first-order valence-corrected chi connectivity index (χ1v) is 5.63. The maximum Gasteiger partial charge on any atom is 1.00 e. The van der Waals surface area contributed by atoms with E-state index in [4.69, 9.17) is 4.74 Å². The molecule has 0 aliphatic heterocycles. The monoisotopic (exact) mass is 273 g/mol. The molecule has 0 radical (unpaired) electrons. The van der Waals surface area contributed by atoms with E-state index in [1.165, 1.54) is 0 Å². The van der Waals surface area contributed by atoms with Crippen LogP contribution in [0.3, 0.4) is 0 Å². The first kappa shape index (κ1) is 18.0. The van der Waals surface area contributed by atoms with Gasteiger partial charge in [0.1, 0.15) is 5.75 Å². The summed E-state index contributed by atoms with van der Waals surface area (Å²) >= 11 is 0. The zero-order valence-electron chi connectivity index (χ0n) is 11.5. The average Bonchev–Trinajstić information content (AvgIpc) is 2.35. The molecular formula is C13H16NNaO4. The molecular weight excluding hydrogens is 257 g/mol. The molecule has 0 bridgehead atoms. The van der Waals surface area contributed by atoms with Crippen LogP contribution in [-0.2, 0) is 16.1 Å². The van der Waals surface area contributed by atoms with Gasteiger partial charge >= 0.3 is 29.6 Å². The molecule has 1 N–H and O–H groups in total. The van der Waals surface area contributed by atoms with Gasteiger partial charge in [0.2, 0.25) is 5.91 Å². The van der Waals surface area contributed by atoms with E-state index in [2.05, 4.69) is 5.32 Å². The van der Waals surface area contributed by atoms with E-state index in [9.17, 15) is 14.7 Å². The number of benzene rings is 1. The van der Waals surface area contributed by atoms with Crippen molar-refractivity contribution in [1.29, 1.82) is 0 Å². The number of ether oxygens (including phenoxy) is 1. The number of carbonyl (C=O) groups is 2. The first-order chi connectivity index (χ1) is 8.52. The summed E-state index contributed by atoms with van der Waals surface area (Å²) in [4.78, 5) is 21.5. The van der Waals surface area contributed by atoms with Crippen LogP contribution in [0.25, 0.3) is 0 Å². The van der Waals surface area contributed by atoms with Crippen LogP contribution in [0.1, 0.15) is 24.0 Å². The van der Waals surface area contributed by atoms with Crippen molar-refractivity contribution in [3.05, 3.63) is 29.3 Å². The van der Waals surface area contributed by atoms with Crippen molar-refractivity contribution in [3.63, 3.8) is 0 Å². The minimum absolute atomic E-state index is 0. The van der Waals surface area contributed by atoms with Gasteiger partial charge in [-0.3, -0.25) is 4.79 Å². The van der Waals surface area contributed by atoms with E-state index in [1.54, 1.807) is 7.11 Å². The van der Waals surface area contributed by atoms with Crippen molar-refractivity contribution in [2.24, 2.45) is 0 Å². The Labute approximate surface area is 134 Å². The van der Waals surface area contributed by atoms with Gasteiger partial charge in [0.25, 0.3) is 0 Å². The number of aliphatic carboxylic acids is 1. The number of carboxylic acids is 1. The fourth-order valence-electron chi connectivity index (χ4n) is 1.48. The number of aryl methyl sites for hydroxylation is 1. The van der Waals surface area contributed by atoms with Crippen molar-refractivity contribution >= 4 is 11.9 Å². The van der Waals surface area contributed by atoms with E-state index < -0.39 is 5.97 Å². The molecule has 1 aromatic carbocycles. The standard InChI is InChI=1S/C13H17NO4.Na/c1-9-3-4-10(7-11(9)18-2)8-14-12(15)5-6-13(16)17;/h3-4,7H,5-6,8H2,1-2H3,(H,14,15)(H,16,17);/q;+1/p-1. The minimum atomic E-state index is -1.22. The van der Waals surface area contributed by atoms with Crippen LogP contribution in [0.2, 0.25) is 0 Å². The average molecular weight is 273 g/mol. The van der Waals surface area contributed by atoms with Gasteiger partial charge in [-0.25, -0.2) is 0 Å². The summed E-state index contributed by atoms with van der Waals surface area (Å²) in [6.45, 7) is 2.28. The van der Waals surface area contributed by atoms with Crippen LogP contribution in [0.15, 0.2) is 18.2 Å². The number of methoxy groups -OCH3 is 1. The molecule has 98 valence electrons. The predicted octanol–water partition coefficient (Wildman–Crippen LogP) is -2.85. The molecule has 0 aliphatic rings. The molecule has 0 unspecified atom stereocenters. The summed E-state index contributed by atoms with van der Waals surface area (Å²) in [5, 5.41) is 12.8. The van der Waals surface area contributed by atoms with Crippen LogP contribution in [-0.4, -0.2) is 19.0 Å². The smallest absolute Gasteiger partial charge is 0.550 e. The Kier molecular flexibility index (Phi) is 8.47. The van der Waals surface area contributed by atoms with Crippen molar-refractivity contribution < 1.29 is 49.0 Å². The fourth-order valence-corrected chi connectivity index (χ4v) is 1.48. The molecule has 0 fully saturated rings. The van der Waals surface area contributed by atoms with Crippen LogP contribution >= 0.6 is 0 Å². The van der Waals surface area contributed by atoms with Crippen LogP contribution in [0.5, 0.6) is 5.75 Å². The maximum atomic E-state index is 11.3. The Morgan fingerprint density at radius 2 is 2.00 bits per heavy atom. The van der Waals surface area contributed by atoms with Gasteiger partial charge in [-0.05, 0) is 30.5 Å². The SMILES string of the molecule is COc1cc(CNC(=O)CCC(=O)[O-])ccc1C.[Na+]. The van der Waals surface area contributed by atoms with Crippen molar-refractivity contribution in [2.45, 2.75) is 26.3 Å². The number of rotatable bonds is 6. The van der Waals surface area contributed by atoms with E-state index in [1.807, 2.05) is 25.1 Å². The topological polar surface area (TPSA) is 78.5 Å². The summed E-state index contributed by atoms with van der Waals surface area (Å²) in [5.74, 6) is -0.766. The summed E-state index contributed by atoms with van der Waals surface area (Å²) in [6.07, 6.45) is -0.325. The van der Waals surface area contributed by atoms with Gasteiger partial charge in [0.15, 0.2) is 0 Å². The maximum absolute atomic E-state index is 11.3. The van der Waals surface area contributed by atoms with Gasteiger partial charge in [-0.1, -0.05) is 12.1 Å². The molecule has 19 heavy (non-hydrogen) atoms. The second kappa shape index (κ2) is 8.96. The summed E-state index contributed by atoms with van der Waals surface area (Å²) < 4.78 is 5.17. The molecule has 0 aliphatic carbocycles. The van der Waals surface area contributed by atoms with Gasteiger partial charge in [-0.15, -0.1) is 0 Å². The van der Waals surface area contributed by atoms with E-state index in [0.29, 0.717) is 6.54 Å². The molecule has 5 nitrogen and oxygen atoms in total. The van der Waals surface area contributed by atoms with Crippen molar-refractivity contribution in [1.82, 2.24) is 5.32 Å². The molecule has 1 rings (SSSR count). The number of hydrogen-bond acceptors (Lipinski definition) is 4. The predicted molar refractivity (Wildman–Crippen MR) is 63.8 cm³/mol. The number of carboxylic acid groups (broad SMARTS) is 1. The summed E-state index contributed by atoms with van der Waals surface area (Å²) in [6, 6.07) is 5.63. The number of hydrogen-bond donors (Lipinski definition) is 1. The van der Waals surface area contributed by atoms with Crippen LogP contribution < -0.4 is 44.7 Å². The van der Waals surface area contributed by atoms with E-state index >= 15 is 0 Å². The minimum Gasteiger partial charge on any atom is -0.550 e. The third-order valence-electron chi connectivity index (χ3n) is 2.52. The molecule has 6 heteroatoms. The van der Waals surface area contributed by atoms with Gasteiger partial charge < -0.3 is 20.0 Å². The fraction of sp³-hybridized carbons (Fsp3) is 0.385. The molecule has 1 aromatic rings. The Bertz CT molecular complexity index is 448. The zero-order valence-corrected chi connectivity index (χ0v) is 13.5. The Hall–Kier alpha value is -1.04. The van der Waals surface area contributed by atoms with Gasteiger partial charge in [-0.2, -0.15) is 0 Å². The van der Waals surface area contributed by atoms with Gasteiger partial charge in [0.05, 0.1) is 7.11 Å². The summed E-state index contributed by atoms with van der Waals surface area (Å²) in [7, 11) is 1.59. The van der Waals surface area contributed by atoms with Crippen LogP contribution in [0, 0.1) is 6.92 Å². The summed E-state index contributed by atoms with van der Waals surface area (Å²) in [5.41, 5.74) is 1.92. The molecule has 0 aromatic heterocycles. The molecule has 0 saturated carbocycles. The van der Waals surface area contributed by atoms with E-state index in [-0.39, 0.29) is 48.3 Å². The molecule has 0 heterocycles. The third-order valence-corrected chi connectivity index (χ3v) is 2.52. The second-order valence-corrected chi connectivity index (χ2v) is 3.95. The Morgan fingerprint density at radius 1 is 1.32 bits per heavy atom. The molecule has 0 saturated heterocycles. The quantitative estimate of drug-likeness (QED) is 0.566. The van der Waals surface area contributed by atoms with Crippen molar-refractivity contribution in [2.75, 3.05) is 7.11 Å². The Balaban J connectivity index is 0.00000324. The number of nitrogens with one attached hydrogen (secondary N) is 1. The van der Waals surface area contributed by atoms with Crippen molar-refractivity contribution in [3.8, 4) is 5.75 Å².